The molecule has 20 heavy (non-hydrogen) atoms. The van der Waals surface area contributed by atoms with Gasteiger partial charge in [-0.3, -0.25) is 10.1 Å². The van der Waals surface area contributed by atoms with Crippen molar-refractivity contribution in [2.24, 2.45) is 11.3 Å². The summed E-state index contributed by atoms with van der Waals surface area (Å²) in [5.41, 5.74) is 0.488. The molecule has 3 rings (SSSR count). The Morgan fingerprint density at radius 3 is 2.60 bits per heavy atom. The molecule has 1 saturated carbocycles. The lowest BCUT2D eigenvalue weighted by atomic mass is 9.69. The summed E-state index contributed by atoms with van der Waals surface area (Å²) in [5, 5.41) is 10.9. The smallest absolute Gasteiger partial charge is 0.310 e. The SMILES string of the molecule is O=[N+]([O-])c1ccccc1OCC1CCC2(CC1)COC2. The third kappa shape index (κ3) is 2.63. The molecule has 5 heteroatoms. The van der Waals surface area contributed by atoms with Crippen LogP contribution in [0.2, 0.25) is 0 Å². The number of nitro groups is 1. The van der Waals surface area contributed by atoms with E-state index in [0.717, 1.165) is 26.1 Å². The minimum atomic E-state index is -0.392. The highest BCUT2D eigenvalue weighted by Crippen LogP contribution is 2.44. The van der Waals surface area contributed by atoms with Crippen molar-refractivity contribution in [2.45, 2.75) is 25.7 Å². The van der Waals surface area contributed by atoms with E-state index >= 15 is 0 Å². The van der Waals surface area contributed by atoms with Gasteiger partial charge in [0, 0.05) is 11.5 Å². The zero-order valence-electron chi connectivity index (χ0n) is 11.4. The molecule has 0 amide bonds. The lowest BCUT2D eigenvalue weighted by molar-refractivity contribution is -0.385. The maximum absolute atomic E-state index is 10.9. The Labute approximate surface area is 118 Å². The summed E-state index contributed by atoms with van der Waals surface area (Å²) in [6.45, 7) is 2.39. The van der Waals surface area contributed by atoms with Crippen LogP contribution < -0.4 is 4.74 Å². The standard InChI is InChI=1S/C15H19NO4/c17-16(18)13-3-1-2-4-14(13)20-9-12-5-7-15(8-6-12)10-19-11-15/h1-4,12H,5-11H2. The fraction of sp³-hybridized carbons (Fsp3) is 0.600. The summed E-state index contributed by atoms with van der Waals surface area (Å²) in [6.07, 6.45) is 4.64. The number of nitrogens with zero attached hydrogens (tertiary/aromatic N) is 1. The second kappa shape index (κ2) is 5.40. The van der Waals surface area contributed by atoms with Crippen LogP contribution in [0.1, 0.15) is 25.7 Å². The molecular weight excluding hydrogens is 258 g/mol. The number of benzene rings is 1. The van der Waals surface area contributed by atoms with Gasteiger partial charge in [-0.2, -0.15) is 0 Å². The maximum atomic E-state index is 10.9. The van der Waals surface area contributed by atoms with Gasteiger partial charge in [0.1, 0.15) is 0 Å². The van der Waals surface area contributed by atoms with Gasteiger partial charge in [0.05, 0.1) is 24.7 Å². The van der Waals surface area contributed by atoms with Crippen LogP contribution in [0.5, 0.6) is 5.75 Å². The molecule has 1 aromatic rings. The quantitative estimate of drug-likeness (QED) is 0.626. The highest BCUT2D eigenvalue weighted by molar-refractivity contribution is 5.45. The Morgan fingerprint density at radius 2 is 2.00 bits per heavy atom. The third-order valence-electron chi connectivity index (χ3n) is 4.52. The maximum Gasteiger partial charge on any atom is 0.310 e. The van der Waals surface area contributed by atoms with E-state index < -0.39 is 4.92 Å². The van der Waals surface area contributed by atoms with Gasteiger partial charge < -0.3 is 9.47 Å². The first-order valence-electron chi connectivity index (χ1n) is 7.13. The third-order valence-corrected chi connectivity index (χ3v) is 4.52. The predicted molar refractivity (Wildman–Crippen MR) is 73.8 cm³/mol. The first-order chi connectivity index (χ1) is 9.69. The van der Waals surface area contributed by atoms with Crippen molar-refractivity contribution in [1.82, 2.24) is 0 Å². The Bertz CT molecular complexity index is 488. The number of rotatable bonds is 4. The van der Waals surface area contributed by atoms with Gasteiger partial charge in [0.15, 0.2) is 5.75 Å². The van der Waals surface area contributed by atoms with E-state index in [4.69, 9.17) is 9.47 Å². The first kappa shape index (κ1) is 13.4. The Kier molecular flexibility index (Phi) is 3.61. The predicted octanol–water partition coefficient (Wildman–Crippen LogP) is 3.18. The highest BCUT2D eigenvalue weighted by Gasteiger charge is 2.41. The normalized spacial score (nSPS) is 21.4. The second-order valence-electron chi connectivity index (χ2n) is 5.97. The topological polar surface area (TPSA) is 61.6 Å². The van der Waals surface area contributed by atoms with Crippen molar-refractivity contribution in [3.8, 4) is 5.75 Å². The average molecular weight is 277 g/mol. The van der Waals surface area contributed by atoms with Crippen molar-refractivity contribution in [2.75, 3.05) is 19.8 Å². The molecule has 0 atom stereocenters. The van der Waals surface area contributed by atoms with Gasteiger partial charge in [-0.05, 0) is 37.7 Å². The molecule has 0 unspecified atom stereocenters. The Hall–Kier alpha value is -1.62. The van der Waals surface area contributed by atoms with E-state index in [2.05, 4.69) is 0 Å². The van der Waals surface area contributed by atoms with Crippen molar-refractivity contribution in [3.05, 3.63) is 34.4 Å². The second-order valence-corrected chi connectivity index (χ2v) is 5.97. The van der Waals surface area contributed by atoms with Crippen LogP contribution in [-0.2, 0) is 4.74 Å². The van der Waals surface area contributed by atoms with Crippen LogP contribution in [-0.4, -0.2) is 24.7 Å². The molecule has 5 nitrogen and oxygen atoms in total. The van der Waals surface area contributed by atoms with Gasteiger partial charge in [-0.1, -0.05) is 12.1 Å². The fourth-order valence-electron chi connectivity index (χ4n) is 3.07. The summed E-state index contributed by atoms with van der Waals surface area (Å²) in [5.74, 6) is 0.880. The van der Waals surface area contributed by atoms with Crippen molar-refractivity contribution < 1.29 is 14.4 Å². The van der Waals surface area contributed by atoms with Crippen LogP contribution in [0.15, 0.2) is 24.3 Å². The van der Waals surface area contributed by atoms with Gasteiger partial charge in [0.25, 0.3) is 0 Å². The molecule has 0 aromatic heterocycles. The molecule has 0 bridgehead atoms. The van der Waals surface area contributed by atoms with Crippen LogP contribution in [0, 0.1) is 21.4 Å². The summed E-state index contributed by atoms with van der Waals surface area (Å²) < 4.78 is 11.0. The van der Waals surface area contributed by atoms with E-state index in [-0.39, 0.29) is 5.69 Å². The van der Waals surface area contributed by atoms with E-state index in [1.807, 2.05) is 0 Å². The zero-order valence-corrected chi connectivity index (χ0v) is 11.4. The van der Waals surface area contributed by atoms with E-state index in [1.54, 1.807) is 18.2 Å². The van der Waals surface area contributed by atoms with E-state index in [1.165, 1.54) is 18.9 Å². The van der Waals surface area contributed by atoms with Gasteiger partial charge >= 0.3 is 5.69 Å². The minimum Gasteiger partial charge on any atom is -0.487 e. The number of hydrogen-bond donors (Lipinski definition) is 0. The van der Waals surface area contributed by atoms with Crippen LogP contribution >= 0.6 is 0 Å². The molecule has 1 aliphatic heterocycles. The molecule has 1 heterocycles. The van der Waals surface area contributed by atoms with E-state index in [9.17, 15) is 10.1 Å². The molecule has 1 spiro atoms. The van der Waals surface area contributed by atoms with Crippen molar-refractivity contribution >= 4 is 5.69 Å². The van der Waals surface area contributed by atoms with E-state index in [0.29, 0.717) is 23.7 Å². The van der Waals surface area contributed by atoms with Crippen molar-refractivity contribution in [3.63, 3.8) is 0 Å². The van der Waals surface area contributed by atoms with Crippen molar-refractivity contribution in [1.29, 1.82) is 0 Å². The molecule has 108 valence electrons. The monoisotopic (exact) mass is 277 g/mol. The number of nitro benzene ring substituents is 1. The lowest BCUT2D eigenvalue weighted by Gasteiger charge is -2.46. The zero-order chi connectivity index (χ0) is 14.0. The van der Waals surface area contributed by atoms with Crippen LogP contribution in [0.4, 0.5) is 5.69 Å². The Balaban J connectivity index is 1.54. The number of hydrogen-bond acceptors (Lipinski definition) is 4. The summed E-state index contributed by atoms with van der Waals surface area (Å²) in [6, 6.07) is 6.58. The van der Waals surface area contributed by atoms with Gasteiger partial charge in [0.2, 0.25) is 0 Å². The molecule has 2 fully saturated rings. The number of para-hydroxylation sites is 2. The molecule has 0 N–H and O–H groups in total. The lowest BCUT2D eigenvalue weighted by Crippen LogP contribution is -2.45. The first-order valence-corrected chi connectivity index (χ1v) is 7.13. The molecule has 1 aliphatic carbocycles. The summed E-state index contributed by atoms with van der Waals surface area (Å²) in [4.78, 5) is 10.5. The summed E-state index contributed by atoms with van der Waals surface area (Å²) >= 11 is 0. The van der Waals surface area contributed by atoms with Gasteiger partial charge in [-0.25, -0.2) is 0 Å². The molecule has 2 aliphatic rings. The molecule has 0 radical (unpaired) electrons. The minimum absolute atomic E-state index is 0.0483. The molecular formula is C15H19NO4. The van der Waals surface area contributed by atoms with Gasteiger partial charge in [-0.15, -0.1) is 0 Å². The van der Waals surface area contributed by atoms with Crippen LogP contribution in [0.3, 0.4) is 0 Å². The molecule has 1 aromatic carbocycles. The molecule has 1 saturated heterocycles. The highest BCUT2D eigenvalue weighted by atomic mass is 16.6. The summed E-state index contributed by atoms with van der Waals surface area (Å²) in [7, 11) is 0. The average Bonchev–Trinajstić information content (AvgIpc) is 2.44. The van der Waals surface area contributed by atoms with Crippen LogP contribution in [0.25, 0.3) is 0 Å². The largest absolute Gasteiger partial charge is 0.487 e. The fourth-order valence-corrected chi connectivity index (χ4v) is 3.07. The number of ether oxygens (including phenoxy) is 2. The Morgan fingerprint density at radius 1 is 1.30 bits per heavy atom.